The van der Waals surface area contributed by atoms with Gasteiger partial charge in [-0.05, 0) is 47.5 Å². The van der Waals surface area contributed by atoms with Gasteiger partial charge in [0, 0.05) is 0 Å². The van der Waals surface area contributed by atoms with Gasteiger partial charge in [-0.1, -0.05) is 91.5 Å². The summed E-state index contributed by atoms with van der Waals surface area (Å²) in [5, 5.41) is 4.25. The Labute approximate surface area is 246 Å². The first-order chi connectivity index (χ1) is 20.0. The van der Waals surface area contributed by atoms with Gasteiger partial charge < -0.3 is 4.13 Å². The molecule has 14 heteroatoms. The molecule has 0 N–H and O–H groups in total. The molecule has 0 aliphatic heterocycles. The Kier molecular flexibility index (Phi) is 10.6. The lowest BCUT2D eigenvalue weighted by Crippen LogP contribution is -2.32. The molecule has 0 aliphatic carbocycles. The Bertz CT molecular complexity index is 1580. The third kappa shape index (κ3) is 8.11. The fraction of sp³-hybridized carbons (Fsp3) is 0.103. The zero-order valence-electron chi connectivity index (χ0n) is 22.1. The third-order valence-electron chi connectivity index (χ3n) is 6.01. The van der Waals surface area contributed by atoms with Gasteiger partial charge in [0.1, 0.15) is 23.2 Å². The molecule has 0 saturated heterocycles. The zero-order chi connectivity index (χ0) is 31.9. The maximum Gasteiger partial charge on any atom is 0.480 e. The summed E-state index contributed by atoms with van der Waals surface area (Å²) in [6.07, 6.45) is 2.90. The van der Waals surface area contributed by atoms with Crippen LogP contribution >= 0.6 is 7.26 Å². The van der Waals surface area contributed by atoms with Crippen LogP contribution in [0.15, 0.2) is 122 Å². The number of nitrogens with zero attached hydrogens (tertiary/aromatic N) is 1. The molecule has 5 nitrogen and oxygen atoms in total. The molecule has 0 radical (unpaired) electrons. The van der Waals surface area contributed by atoms with Gasteiger partial charge in [-0.3, -0.25) is 0 Å². The largest absolute Gasteiger partial charge is 0.480 e. The second-order valence-corrected chi connectivity index (χ2v) is 15.7. The Morgan fingerprint density at radius 3 is 1.19 bits per heavy atom. The summed E-state index contributed by atoms with van der Waals surface area (Å²) in [6.45, 7) is 3.88. The van der Waals surface area contributed by atoms with E-state index in [1.54, 1.807) is 0 Å². The summed E-state index contributed by atoms with van der Waals surface area (Å²) in [5.41, 5.74) is -9.89. The van der Waals surface area contributed by atoms with Crippen molar-refractivity contribution in [1.82, 2.24) is 0 Å². The van der Waals surface area contributed by atoms with Crippen molar-refractivity contribution in [3.8, 4) is 0 Å². The van der Waals surface area contributed by atoms with E-state index in [0.717, 1.165) is 15.9 Å². The van der Waals surface area contributed by atoms with Crippen LogP contribution in [-0.2, 0) is 26.2 Å². The molecule has 43 heavy (non-hydrogen) atoms. The summed E-state index contributed by atoms with van der Waals surface area (Å²) in [6, 6.07) is 41.9. The lowest BCUT2D eigenvalue weighted by molar-refractivity contribution is -0.0444. The van der Waals surface area contributed by atoms with E-state index in [4.69, 9.17) is 0 Å². The summed E-state index contributed by atoms with van der Waals surface area (Å²) in [5.74, 6) is 0. The van der Waals surface area contributed by atoms with Gasteiger partial charge in [0.2, 0.25) is 0 Å². The van der Waals surface area contributed by atoms with Crippen LogP contribution in [0, 0.1) is 0 Å². The average Bonchev–Trinajstić information content (AvgIpc) is 2.96. The number of hydrogen-bond acceptors (Lipinski definition) is 4. The molecule has 0 aromatic heterocycles. The first-order valence-corrected chi connectivity index (χ1v) is 17.0. The van der Waals surface area contributed by atoms with Gasteiger partial charge in [0.25, 0.3) is 0 Å². The topological polar surface area (TPSA) is 82.4 Å². The minimum Gasteiger partial charge on any atom is -0.421 e. The minimum absolute atomic E-state index is 0.778. The molecule has 228 valence electrons. The fourth-order valence-corrected chi connectivity index (χ4v) is 9.97. The van der Waals surface area contributed by atoms with E-state index in [1.165, 1.54) is 21.5 Å². The summed E-state index contributed by atoms with van der Waals surface area (Å²) in [7, 11) is -15.3. The van der Waals surface area contributed by atoms with Crippen molar-refractivity contribution in [2.45, 2.75) is 17.2 Å². The highest BCUT2D eigenvalue weighted by Crippen LogP contribution is 2.58. The van der Waals surface area contributed by atoms with Gasteiger partial charge in [-0.15, -0.1) is 0 Å². The van der Waals surface area contributed by atoms with Crippen LogP contribution in [0.2, 0.25) is 0 Å². The first kappa shape index (κ1) is 34.0. The van der Waals surface area contributed by atoms with Crippen molar-refractivity contribution in [2.75, 3.05) is 0 Å². The molecule has 4 rings (SSSR count). The van der Waals surface area contributed by atoms with E-state index in [1.807, 2.05) is 6.08 Å². The highest BCUT2D eigenvalue weighted by atomic mass is 32.3. The molecule has 4 aromatic rings. The molecule has 0 unspecified atom stereocenters. The zero-order valence-corrected chi connectivity index (χ0v) is 24.6. The predicted molar refractivity (Wildman–Crippen MR) is 159 cm³/mol. The van der Waals surface area contributed by atoms with E-state index < -0.39 is 38.3 Å². The second kappa shape index (κ2) is 13.4. The molecule has 0 bridgehead atoms. The van der Waals surface area contributed by atoms with Crippen LogP contribution in [0.1, 0.15) is 11.1 Å². The SMILES string of the molecule is C=Cc1ccc(C[P+](c2ccccc2)(c2ccccc2)c2ccccc2)cc1.O=S(=O)([N-]S(=O)(=O)C(F)(F)F)C(F)(F)F. The van der Waals surface area contributed by atoms with Crippen molar-refractivity contribution in [2.24, 2.45) is 0 Å². The smallest absolute Gasteiger partial charge is 0.421 e. The molecule has 0 atom stereocenters. The number of halogens is 6. The molecule has 0 heterocycles. The average molecular weight is 660 g/mol. The summed E-state index contributed by atoms with van der Waals surface area (Å²) < 4.78 is 109. The van der Waals surface area contributed by atoms with Crippen molar-refractivity contribution in [3.05, 3.63) is 137 Å². The van der Waals surface area contributed by atoms with Crippen LogP contribution in [0.3, 0.4) is 0 Å². The van der Waals surface area contributed by atoms with Crippen molar-refractivity contribution in [3.63, 3.8) is 0 Å². The summed E-state index contributed by atoms with van der Waals surface area (Å²) in [4.78, 5) is 0. The quantitative estimate of drug-likeness (QED) is 0.153. The second-order valence-electron chi connectivity index (χ2n) is 8.84. The van der Waals surface area contributed by atoms with Crippen LogP contribution in [0.25, 0.3) is 10.2 Å². The Morgan fingerprint density at radius 1 is 0.581 bits per heavy atom. The van der Waals surface area contributed by atoms with E-state index in [9.17, 15) is 43.2 Å². The van der Waals surface area contributed by atoms with Crippen LogP contribution < -0.4 is 15.9 Å². The van der Waals surface area contributed by atoms with E-state index in [2.05, 4.69) is 122 Å². The molecular weight excluding hydrogens is 635 g/mol. The van der Waals surface area contributed by atoms with Crippen LogP contribution in [0.5, 0.6) is 0 Å². The minimum atomic E-state index is -6.72. The van der Waals surface area contributed by atoms with Crippen molar-refractivity contribution < 1.29 is 43.2 Å². The fourth-order valence-electron chi connectivity index (χ4n) is 4.02. The molecule has 4 aromatic carbocycles. The Balaban J connectivity index is 0.000000289. The van der Waals surface area contributed by atoms with Gasteiger partial charge in [0.15, 0.2) is 20.0 Å². The maximum absolute atomic E-state index is 11.4. The number of alkyl halides is 6. The Hall–Kier alpha value is -3.51. The lowest BCUT2D eigenvalue weighted by Gasteiger charge is -2.27. The first-order valence-electron chi connectivity index (χ1n) is 12.2. The van der Waals surface area contributed by atoms with Crippen molar-refractivity contribution >= 4 is 49.3 Å². The number of benzene rings is 4. The van der Waals surface area contributed by atoms with Gasteiger partial charge >= 0.3 is 11.0 Å². The standard InChI is InChI=1S/C27H24P.C2F6NO4S2/c1-2-23-18-20-24(21-19-23)22-28(25-12-6-3-7-13-25,26-14-8-4-9-15-26)27-16-10-5-11-17-27;3-1(4,5)14(10,11)9-15(12,13)2(6,7)8/h2-21H,1,22H2;/q+1;-1. The van der Waals surface area contributed by atoms with E-state index >= 15 is 0 Å². The van der Waals surface area contributed by atoms with E-state index in [-0.39, 0.29) is 0 Å². The maximum atomic E-state index is 11.4. The highest BCUT2D eigenvalue weighted by Gasteiger charge is 2.47. The van der Waals surface area contributed by atoms with Gasteiger partial charge in [0.05, 0.1) is 6.16 Å². The molecule has 0 spiro atoms. The van der Waals surface area contributed by atoms with Gasteiger partial charge in [-0.2, -0.15) is 26.3 Å². The molecular formula is C29H24F6NO4PS2. The molecule has 0 fully saturated rings. The van der Waals surface area contributed by atoms with Crippen molar-refractivity contribution in [1.29, 1.82) is 0 Å². The number of rotatable bonds is 8. The predicted octanol–water partition coefficient (Wildman–Crippen LogP) is 6.88. The van der Waals surface area contributed by atoms with Gasteiger partial charge in [-0.25, -0.2) is 16.8 Å². The lowest BCUT2D eigenvalue weighted by atomic mass is 10.1. The van der Waals surface area contributed by atoms with E-state index in [0.29, 0.717) is 0 Å². The molecule has 0 aliphatic rings. The highest BCUT2D eigenvalue weighted by molar-refractivity contribution is 8.13. The normalized spacial score (nSPS) is 12.6. The molecule has 0 amide bonds. The summed E-state index contributed by atoms with van der Waals surface area (Å²) >= 11 is 0. The van der Waals surface area contributed by atoms with Crippen LogP contribution in [0.4, 0.5) is 26.3 Å². The third-order valence-corrected chi connectivity index (χ3v) is 13.1. The monoisotopic (exact) mass is 659 g/mol. The number of sulfonamides is 2. The Morgan fingerprint density at radius 2 is 0.907 bits per heavy atom. The molecule has 0 saturated carbocycles. The number of hydrogen-bond donors (Lipinski definition) is 0. The van der Waals surface area contributed by atoms with Crippen LogP contribution in [-0.4, -0.2) is 27.9 Å².